The summed E-state index contributed by atoms with van der Waals surface area (Å²) in [7, 11) is 2.93. The molecular weight excluding hydrogens is 242 g/mol. The lowest BCUT2D eigenvalue weighted by Gasteiger charge is -2.42. The van der Waals surface area contributed by atoms with Gasteiger partial charge in [-0.3, -0.25) is 4.31 Å². The number of hydrogen-bond acceptors (Lipinski definition) is 2. The van der Waals surface area contributed by atoms with E-state index in [2.05, 4.69) is 42.2 Å². The second kappa shape index (κ2) is 5.81. The third-order valence-corrected chi connectivity index (χ3v) is 7.99. The Bertz CT molecular complexity index is 344. The van der Waals surface area contributed by atoms with Crippen LogP contribution in [0.25, 0.3) is 0 Å². The zero-order valence-corrected chi connectivity index (χ0v) is 12.7. The second-order valence-electron chi connectivity index (χ2n) is 5.66. The average molecular weight is 269 g/mol. The van der Waals surface area contributed by atoms with E-state index in [0.29, 0.717) is 0 Å². The Morgan fingerprint density at radius 1 is 1.33 bits per heavy atom. The highest BCUT2D eigenvalue weighted by Gasteiger charge is 2.34. The summed E-state index contributed by atoms with van der Waals surface area (Å²) in [6.07, 6.45) is 9.93. The third-order valence-electron chi connectivity index (χ3n) is 4.30. The summed E-state index contributed by atoms with van der Waals surface area (Å²) in [4.78, 5) is 0. The van der Waals surface area contributed by atoms with Gasteiger partial charge >= 0.3 is 0 Å². The van der Waals surface area contributed by atoms with Crippen LogP contribution in [0.5, 0.6) is 0 Å². The summed E-state index contributed by atoms with van der Waals surface area (Å²) in [5.74, 6) is 0.744. The molecule has 1 aliphatic heterocycles. The minimum absolute atomic E-state index is 0.232. The first-order valence-electron chi connectivity index (χ1n) is 7.17. The van der Waals surface area contributed by atoms with E-state index >= 15 is 0 Å². The molecule has 2 aliphatic rings. The molecule has 2 rings (SSSR count). The first-order valence-corrected chi connectivity index (χ1v) is 8.95. The van der Waals surface area contributed by atoms with Crippen molar-refractivity contribution < 1.29 is 5.11 Å². The molecule has 104 valence electrons. The molecule has 2 nitrogen and oxygen atoms in total. The Morgan fingerprint density at radius 2 is 2.00 bits per heavy atom. The van der Waals surface area contributed by atoms with Crippen LogP contribution >= 0.6 is 10.2 Å². The van der Waals surface area contributed by atoms with Crippen molar-refractivity contribution in [1.82, 2.24) is 4.31 Å². The molecule has 1 heterocycles. The van der Waals surface area contributed by atoms with Gasteiger partial charge in [0.1, 0.15) is 5.44 Å². The van der Waals surface area contributed by atoms with Gasteiger partial charge in [-0.05, 0) is 55.7 Å². The Kier molecular flexibility index (Phi) is 4.57. The largest absolute Gasteiger partial charge is 0.382 e. The molecule has 0 bridgehead atoms. The zero-order chi connectivity index (χ0) is 13.2. The minimum atomic E-state index is -1.26. The van der Waals surface area contributed by atoms with Crippen molar-refractivity contribution in [2.45, 2.75) is 50.9 Å². The van der Waals surface area contributed by atoms with Crippen molar-refractivity contribution in [3.05, 3.63) is 22.5 Å². The lowest BCUT2D eigenvalue weighted by molar-refractivity contribution is 0.251. The normalized spacial score (nSPS) is 34.4. The van der Waals surface area contributed by atoms with E-state index in [1.165, 1.54) is 37.7 Å². The predicted octanol–water partition coefficient (Wildman–Crippen LogP) is 3.99. The second-order valence-corrected chi connectivity index (χ2v) is 8.89. The van der Waals surface area contributed by atoms with E-state index < -0.39 is 10.2 Å². The molecule has 0 spiro atoms. The van der Waals surface area contributed by atoms with Crippen molar-refractivity contribution in [2.24, 2.45) is 5.92 Å². The summed E-state index contributed by atoms with van der Waals surface area (Å²) in [5, 5.41) is 15.1. The minimum Gasteiger partial charge on any atom is -0.382 e. The predicted molar refractivity (Wildman–Crippen MR) is 81.4 cm³/mol. The van der Waals surface area contributed by atoms with Gasteiger partial charge in [0.15, 0.2) is 0 Å². The molecule has 3 heteroatoms. The van der Waals surface area contributed by atoms with Gasteiger partial charge in [0.25, 0.3) is 0 Å². The standard InChI is InChI=1S/C15H27NOS/c1-4-15(17)18(16(2)3)11-10-14(12-18)13-8-6-5-7-9-13/h10-13,15,17H,4-9H2,1-3H3. The summed E-state index contributed by atoms with van der Waals surface area (Å²) in [5.41, 5.74) is 1.26. The highest BCUT2D eigenvalue weighted by atomic mass is 32.3. The monoisotopic (exact) mass is 269 g/mol. The van der Waals surface area contributed by atoms with Crippen molar-refractivity contribution in [2.75, 3.05) is 14.1 Å². The third kappa shape index (κ3) is 2.54. The molecule has 1 saturated carbocycles. The van der Waals surface area contributed by atoms with E-state index in [4.69, 9.17) is 0 Å². The zero-order valence-electron chi connectivity index (χ0n) is 11.9. The van der Waals surface area contributed by atoms with Crippen LogP contribution in [0.2, 0.25) is 0 Å². The molecule has 2 atom stereocenters. The van der Waals surface area contributed by atoms with Gasteiger partial charge in [0.05, 0.1) is 0 Å². The van der Waals surface area contributed by atoms with Crippen LogP contribution in [0.3, 0.4) is 0 Å². The van der Waals surface area contributed by atoms with E-state index in [-0.39, 0.29) is 5.44 Å². The van der Waals surface area contributed by atoms with Crippen LogP contribution in [0.15, 0.2) is 22.5 Å². The molecule has 0 amide bonds. The first kappa shape index (κ1) is 14.2. The fourth-order valence-corrected chi connectivity index (χ4v) is 6.03. The summed E-state index contributed by atoms with van der Waals surface area (Å²) in [6, 6.07) is 0. The molecule has 2 unspecified atom stereocenters. The van der Waals surface area contributed by atoms with Crippen LogP contribution in [-0.4, -0.2) is 28.9 Å². The maximum atomic E-state index is 10.4. The summed E-state index contributed by atoms with van der Waals surface area (Å²) in [6.45, 7) is 2.07. The van der Waals surface area contributed by atoms with Crippen LogP contribution in [0, 0.1) is 5.92 Å². The number of rotatable bonds is 4. The molecule has 18 heavy (non-hydrogen) atoms. The van der Waals surface area contributed by atoms with Crippen molar-refractivity contribution in [3.8, 4) is 0 Å². The van der Waals surface area contributed by atoms with E-state index in [1.807, 2.05) is 0 Å². The van der Waals surface area contributed by atoms with Crippen molar-refractivity contribution in [3.63, 3.8) is 0 Å². The lowest BCUT2D eigenvalue weighted by Crippen LogP contribution is -2.25. The van der Waals surface area contributed by atoms with Gasteiger partial charge in [-0.15, -0.1) is 10.2 Å². The molecule has 0 saturated heterocycles. The van der Waals surface area contributed by atoms with Crippen LogP contribution < -0.4 is 0 Å². The summed E-state index contributed by atoms with van der Waals surface area (Å²) >= 11 is 0. The topological polar surface area (TPSA) is 23.5 Å². The SMILES string of the molecule is CCC(O)S1(N(C)C)C=CC(C2CCCCC2)=C1. The van der Waals surface area contributed by atoms with Crippen LogP contribution in [-0.2, 0) is 0 Å². The molecule has 1 N–H and O–H groups in total. The molecule has 1 fully saturated rings. The summed E-state index contributed by atoms with van der Waals surface area (Å²) < 4.78 is 2.23. The van der Waals surface area contributed by atoms with Crippen molar-refractivity contribution >= 4 is 10.2 Å². The Labute approximate surface area is 113 Å². The van der Waals surface area contributed by atoms with E-state index in [0.717, 1.165) is 12.3 Å². The molecule has 0 aromatic heterocycles. The molecule has 0 radical (unpaired) electrons. The Morgan fingerprint density at radius 3 is 2.56 bits per heavy atom. The average Bonchev–Trinajstić information content (AvgIpc) is 2.85. The number of hydrogen-bond donors (Lipinski definition) is 1. The van der Waals surface area contributed by atoms with Gasteiger partial charge in [0.2, 0.25) is 0 Å². The Hall–Kier alpha value is -0.250. The first-order chi connectivity index (χ1) is 8.60. The fourth-order valence-electron chi connectivity index (χ4n) is 3.06. The maximum absolute atomic E-state index is 10.4. The fraction of sp³-hybridized carbons (Fsp3) is 0.733. The van der Waals surface area contributed by atoms with Gasteiger partial charge in [0, 0.05) is 0 Å². The van der Waals surface area contributed by atoms with Crippen LogP contribution in [0.1, 0.15) is 45.4 Å². The quantitative estimate of drug-likeness (QED) is 0.834. The number of aliphatic hydroxyl groups is 1. The van der Waals surface area contributed by atoms with Gasteiger partial charge < -0.3 is 5.11 Å². The number of aliphatic hydroxyl groups excluding tert-OH is 1. The van der Waals surface area contributed by atoms with Crippen molar-refractivity contribution in [1.29, 1.82) is 0 Å². The molecule has 1 aliphatic carbocycles. The van der Waals surface area contributed by atoms with Gasteiger partial charge in [-0.1, -0.05) is 32.3 Å². The lowest BCUT2D eigenvalue weighted by atomic mass is 9.84. The molecule has 0 aromatic rings. The van der Waals surface area contributed by atoms with Crippen LogP contribution in [0.4, 0.5) is 0 Å². The van der Waals surface area contributed by atoms with E-state index in [9.17, 15) is 5.11 Å². The molecule has 0 aromatic carbocycles. The number of nitrogens with zero attached hydrogens (tertiary/aromatic N) is 1. The highest BCUT2D eigenvalue weighted by molar-refractivity contribution is 8.37. The smallest absolute Gasteiger partial charge is 0.102 e. The number of allylic oxidation sites excluding steroid dienone is 2. The highest BCUT2D eigenvalue weighted by Crippen LogP contribution is 2.62. The maximum Gasteiger partial charge on any atom is 0.102 e. The van der Waals surface area contributed by atoms with E-state index in [1.54, 1.807) is 0 Å². The van der Waals surface area contributed by atoms with Gasteiger partial charge in [-0.25, -0.2) is 0 Å². The Balaban J connectivity index is 2.20. The molecular formula is C15H27NOS. The van der Waals surface area contributed by atoms with Gasteiger partial charge in [-0.2, -0.15) is 0 Å².